The van der Waals surface area contributed by atoms with Gasteiger partial charge in [-0.25, -0.2) is 4.79 Å². The van der Waals surface area contributed by atoms with E-state index in [1.165, 1.54) is 4.88 Å². The number of urea groups is 1. The molecule has 148 valence electrons. The van der Waals surface area contributed by atoms with Crippen molar-refractivity contribution in [3.63, 3.8) is 0 Å². The monoisotopic (exact) mass is 399 g/mol. The van der Waals surface area contributed by atoms with Crippen molar-refractivity contribution in [1.29, 1.82) is 0 Å². The largest absolute Gasteiger partial charge is 0.325 e. The molecule has 1 aliphatic heterocycles. The molecule has 0 aromatic carbocycles. The zero-order valence-corrected chi connectivity index (χ0v) is 16.7. The molecule has 2 heterocycles. The van der Waals surface area contributed by atoms with Crippen LogP contribution in [0, 0.1) is 0 Å². The molecule has 1 N–H and O–H groups in total. The smallest absolute Gasteiger partial charge is 0.319 e. The summed E-state index contributed by atoms with van der Waals surface area (Å²) in [6.45, 7) is -0.167. The number of fused-ring (bicyclic) bond motifs is 2. The third-order valence-electron chi connectivity index (χ3n) is 6.39. The van der Waals surface area contributed by atoms with Gasteiger partial charge in [-0.3, -0.25) is 14.5 Å². The number of carbonyl (C=O) groups excluding carboxylic acids is 3. The zero-order chi connectivity index (χ0) is 19.3. The van der Waals surface area contributed by atoms with Crippen LogP contribution in [0.4, 0.5) is 4.79 Å². The van der Waals surface area contributed by atoms with Gasteiger partial charge in [0.05, 0.1) is 0 Å². The Balaban J connectivity index is 1.39. The maximum Gasteiger partial charge on any atom is 0.325 e. The van der Waals surface area contributed by atoms with E-state index in [9.17, 15) is 14.4 Å². The van der Waals surface area contributed by atoms with E-state index in [1.54, 1.807) is 11.3 Å². The molecule has 1 saturated heterocycles. The summed E-state index contributed by atoms with van der Waals surface area (Å²) in [6.07, 6.45) is 10.7. The molecule has 0 radical (unpaired) electrons. The quantitative estimate of drug-likeness (QED) is 0.790. The summed E-state index contributed by atoms with van der Waals surface area (Å²) in [6, 6.07) is 1.75. The average Bonchev–Trinajstić information content (AvgIpc) is 3.35. The van der Waals surface area contributed by atoms with E-state index in [4.69, 9.17) is 0 Å². The fraction of sp³-hybridized carbons (Fsp3) is 0.571. The third-order valence-corrected chi connectivity index (χ3v) is 7.37. The number of rotatable bonds is 4. The Hall–Kier alpha value is -2.15. The van der Waals surface area contributed by atoms with Gasteiger partial charge in [-0.2, -0.15) is 0 Å². The van der Waals surface area contributed by atoms with Crippen molar-refractivity contribution in [3.8, 4) is 0 Å². The summed E-state index contributed by atoms with van der Waals surface area (Å²) < 4.78 is 0. The lowest BCUT2D eigenvalue weighted by atomic mass is 9.80. The number of amides is 4. The highest BCUT2D eigenvalue weighted by molar-refractivity contribution is 7.10. The summed E-state index contributed by atoms with van der Waals surface area (Å²) in [4.78, 5) is 43.4. The first-order valence-corrected chi connectivity index (χ1v) is 11.2. The summed E-state index contributed by atoms with van der Waals surface area (Å²) in [5.74, 6) is -0.392. The number of allylic oxidation sites excluding steroid dienone is 2. The Bertz CT molecular complexity index is 872. The molecule has 5 rings (SSSR count). The van der Waals surface area contributed by atoms with E-state index in [1.807, 2.05) is 16.3 Å². The topological polar surface area (TPSA) is 69.7 Å². The maximum absolute atomic E-state index is 13.3. The van der Waals surface area contributed by atoms with E-state index in [2.05, 4.69) is 11.4 Å². The molecule has 28 heavy (non-hydrogen) atoms. The van der Waals surface area contributed by atoms with Crippen LogP contribution in [0.2, 0.25) is 0 Å². The number of hydrogen-bond donors (Lipinski definition) is 1. The van der Waals surface area contributed by atoms with Crippen LogP contribution in [-0.4, -0.2) is 40.2 Å². The van der Waals surface area contributed by atoms with Gasteiger partial charge >= 0.3 is 6.03 Å². The molecule has 3 aliphatic carbocycles. The standard InChI is InChI=1S/C21H25N3O3S/c25-18(24(15-8-9-15)14-5-2-1-3-6-14)13-23-19(26)21(22-20(23)27)11-4-7-17-16(21)10-12-28-17/h5,10,12,15H,1-4,6-9,11,13H2,(H,22,27)/t21-/m1/s1. The number of hydrogen-bond acceptors (Lipinski definition) is 4. The molecule has 6 nitrogen and oxygen atoms in total. The lowest BCUT2D eigenvalue weighted by Gasteiger charge is -2.31. The van der Waals surface area contributed by atoms with Crippen molar-refractivity contribution >= 4 is 29.2 Å². The van der Waals surface area contributed by atoms with Crippen molar-refractivity contribution in [2.45, 2.75) is 69.4 Å². The molecule has 4 aliphatic rings. The van der Waals surface area contributed by atoms with Gasteiger partial charge in [-0.1, -0.05) is 6.08 Å². The van der Waals surface area contributed by atoms with Gasteiger partial charge in [-0.15, -0.1) is 11.3 Å². The van der Waals surface area contributed by atoms with Crippen molar-refractivity contribution < 1.29 is 14.4 Å². The Morgan fingerprint density at radius 2 is 2.11 bits per heavy atom. The van der Waals surface area contributed by atoms with E-state index >= 15 is 0 Å². The Morgan fingerprint density at radius 1 is 1.25 bits per heavy atom. The van der Waals surface area contributed by atoms with Gasteiger partial charge < -0.3 is 10.2 Å². The first-order valence-electron chi connectivity index (χ1n) is 10.3. The van der Waals surface area contributed by atoms with E-state index in [0.29, 0.717) is 6.42 Å². The summed E-state index contributed by atoms with van der Waals surface area (Å²) in [7, 11) is 0. The molecule has 7 heteroatoms. The highest BCUT2D eigenvalue weighted by Crippen LogP contribution is 2.42. The fourth-order valence-corrected chi connectivity index (χ4v) is 5.87. The lowest BCUT2D eigenvalue weighted by Crippen LogP contribution is -2.47. The van der Waals surface area contributed by atoms with Gasteiger partial charge in [0.2, 0.25) is 5.91 Å². The van der Waals surface area contributed by atoms with Crippen LogP contribution in [-0.2, 0) is 21.5 Å². The number of thiophene rings is 1. The highest BCUT2D eigenvalue weighted by atomic mass is 32.1. The molecule has 0 unspecified atom stereocenters. The van der Waals surface area contributed by atoms with Crippen LogP contribution < -0.4 is 5.32 Å². The number of imide groups is 1. The molecular weight excluding hydrogens is 374 g/mol. The van der Waals surface area contributed by atoms with Crippen LogP contribution in [0.25, 0.3) is 0 Å². The molecular formula is C21H25N3O3S. The predicted molar refractivity (Wildman–Crippen MR) is 106 cm³/mol. The Labute approximate surface area is 168 Å². The fourth-order valence-electron chi connectivity index (χ4n) is 4.87. The van der Waals surface area contributed by atoms with Crippen LogP contribution in [0.5, 0.6) is 0 Å². The highest BCUT2D eigenvalue weighted by Gasteiger charge is 2.55. The number of aryl methyl sites for hydroxylation is 1. The van der Waals surface area contributed by atoms with Gasteiger partial charge in [0.15, 0.2) is 0 Å². The van der Waals surface area contributed by atoms with Gasteiger partial charge in [0.25, 0.3) is 5.91 Å². The minimum Gasteiger partial charge on any atom is -0.319 e. The summed E-state index contributed by atoms with van der Waals surface area (Å²) in [5.41, 5.74) is 1.03. The molecule has 4 amide bonds. The second-order valence-corrected chi connectivity index (χ2v) is 9.27. The first-order chi connectivity index (χ1) is 13.6. The van der Waals surface area contributed by atoms with Crippen LogP contribution in [0.3, 0.4) is 0 Å². The number of nitrogens with zero attached hydrogens (tertiary/aromatic N) is 2. The van der Waals surface area contributed by atoms with Crippen molar-refractivity contribution in [2.75, 3.05) is 6.54 Å². The SMILES string of the molecule is O=C1N[C@@]2(CCCc3sccc32)C(=O)N1CC(=O)N(C1=CCCCC1)C1CC1. The van der Waals surface area contributed by atoms with Gasteiger partial charge in [0.1, 0.15) is 12.1 Å². The van der Waals surface area contributed by atoms with Crippen molar-refractivity contribution in [3.05, 3.63) is 33.7 Å². The normalized spacial score (nSPS) is 26.9. The van der Waals surface area contributed by atoms with Crippen molar-refractivity contribution in [1.82, 2.24) is 15.1 Å². The number of nitrogens with one attached hydrogen (secondary N) is 1. The second kappa shape index (κ2) is 6.72. The summed E-state index contributed by atoms with van der Waals surface area (Å²) >= 11 is 1.64. The third kappa shape index (κ3) is 2.79. The maximum atomic E-state index is 13.3. The van der Waals surface area contributed by atoms with Crippen LogP contribution in [0.1, 0.15) is 61.8 Å². The van der Waals surface area contributed by atoms with E-state index in [0.717, 1.165) is 67.5 Å². The molecule has 1 atom stereocenters. The van der Waals surface area contributed by atoms with Crippen LogP contribution in [0.15, 0.2) is 23.2 Å². The molecule has 1 spiro atoms. The minimum atomic E-state index is -0.973. The molecule has 1 saturated carbocycles. The first kappa shape index (κ1) is 17.9. The van der Waals surface area contributed by atoms with Gasteiger partial charge in [0, 0.05) is 22.2 Å². The van der Waals surface area contributed by atoms with E-state index in [-0.39, 0.29) is 24.4 Å². The molecule has 1 aromatic rings. The van der Waals surface area contributed by atoms with E-state index < -0.39 is 11.6 Å². The molecule has 1 aromatic heterocycles. The van der Waals surface area contributed by atoms with Crippen molar-refractivity contribution in [2.24, 2.45) is 0 Å². The molecule has 2 fully saturated rings. The average molecular weight is 400 g/mol. The van der Waals surface area contributed by atoms with Crippen LogP contribution >= 0.6 is 11.3 Å². The summed E-state index contributed by atoms with van der Waals surface area (Å²) in [5, 5.41) is 4.92. The Morgan fingerprint density at radius 3 is 2.86 bits per heavy atom. The molecule has 0 bridgehead atoms. The minimum absolute atomic E-state index is 0.127. The van der Waals surface area contributed by atoms with Gasteiger partial charge in [-0.05, 0) is 69.2 Å². The zero-order valence-electron chi connectivity index (χ0n) is 15.9. The second-order valence-electron chi connectivity index (χ2n) is 8.27. The number of carbonyl (C=O) groups is 3. The predicted octanol–water partition coefficient (Wildman–Crippen LogP) is 3.28. The lowest BCUT2D eigenvalue weighted by molar-refractivity contribution is -0.138. The Kier molecular flexibility index (Phi) is 4.30.